The molecule has 5 unspecified atom stereocenters. The number of carbonyl (C=O) groups is 6. The number of carboxylic acid groups (broad SMARTS) is 1. The SMILES string of the molecule is CCC(C)C(N)C(=O)NC(CCCCN)C(=O)NC(CC(N)=O)C(=O)NC(CC(N)=O)C(=O)O. The molecular formula is C20H37N7O7. The maximum absolute atomic E-state index is 12.9. The van der Waals surface area contributed by atoms with Gasteiger partial charge in [-0.05, 0) is 31.7 Å². The van der Waals surface area contributed by atoms with Gasteiger partial charge in [0.15, 0.2) is 0 Å². The lowest BCUT2D eigenvalue weighted by molar-refractivity contribution is -0.144. The van der Waals surface area contributed by atoms with Crippen molar-refractivity contribution in [2.24, 2.45) is 28.9 Å². The van der Waals surface area contributed by atoms with Gasteiger partial charge in [-0.25, -0.2) is 4.79 Å². The average molecular weight is 488 g/mol. The summed E-state index contributed by atoms with van der Waals surface area (Å²) in [6, 6.07) is -5.20. The van der Waals surface area contributed by atoms with Gasteiger partial charge in [-0.3, -0.25) is 24.0 Å². The summed E-state index contributed by atoms with van der Waals surface area (Å²) in [7, 11) is 0. The van der Waals surface area contributed by atoms with E-state index in [0.717, 1.165) is 0 Å². The predicted molar refractivity (Wildman–Crippen MR) is 121 cm³/mol. The number of amides is 5. The fourth-order valence-corrected chi connectivity index (χ4v) is 2.90. The molecule has 12 N–H and O–H groups in total. The third-order valence-corrected chi connectivity index (χ3v) is 5.20. The summed E-state index contributed by atoms with van der Waals surface area (Å²) >= 11 is 0. The Balaban J connectivity index is 5.58. The van der Waals surface area contributed by atoms with E-state index in [0.29, 0.717) is 25.8 Å². The van der Waals surface area contributed by atoms with E-state index in [1.807, 2.05) is 12.2 Å². The molecule has 34 heavy (non-hydrogen) atoms. The first-order valence-corrected chi connectivity index (χ1v) is 11.0. The van der Waals surface area contributed by atoms with Gasteiger partial charge < -0.3 is 44.0 Å². The molecule has 5 amide bonds. The highest BCUT2D eigenvalue weighted by molar-refractivity contribution is 5.96. The zero-order chi connectivity index (χ0) is 26.4. The molecule has 14 heteroatoms. The third kappa shape index (κ3) is 11.6. The van der Waals surface area contributed by atoms with Gasteiger partial charge in [0.25, 0.3) is 0 Å². The van der Waals surface area contributed by atoms with Crippen LogP contribution in [0, 0.1) is 5.92 Å². The summed E-state index contributed by atoms with van der Waals surface area (Å²) in [4.78, 5) is 71.8. The van der Waals surface area contributed by atoms with Crippen molar-refractivity contribution in [1.82, 2.24) is 16.0 Å². The number of hydrogen-bond acceptors (Lipinski definition) is 8. The number of unbranched alkanes of at least 4 members (excludes halogenated alkanes) is 1. The van der Waals surface area contributed by atoms with Crippen LogP contribution < -0.4 is 38.9 Å². The van der Waals surface area contributed by atoms with Gasteiger partial charge in [0, 0.05) is 0 Å². The number of rotatable bonds is 17. The van der Waals surface area contributed by atoms with E-state index in [1.165, 1.54) is 0 Å². The van der Waals surface area contributed by atoms with E-state index in [-0.39, 0.29) is 12.3 Å². The van der Waals surface area contributed by atoms with Crippen LogP contribution in [-0.4, -0.2) is 71.3 Å². The molecule has 0 heterocycles. The molecule has 0 aromatic rings. The van der Waals surface area contributed by atoms with E-state index in [4.69, 9.17) is 22.9 Å². The Morgan fingerprint density at radius 2 is 1.26 bits per heavy atom. The van der Waals surface area contributed by atoms with Gasteiger partial charge in [-0.2, -0.15) is 0 Å². The van der Waals surface area contributed by atoms with Crippen LogP contribution in [0.5, 0.6) is 0 Å². The Morgan fingerprint density at radius 1 is 0.794 bits per heavy atom. The summed E-state index contributed by atoms with van der Waals surface area (Å²) in [6.45, 7) is 4.00. The molecule has 0 saturated heterocycles. The quantitative estimate of drug-likeness (QED) is 0.0957. The first-order chi connectivity index (χ1) is 15.8. The second kappa shape index (κ2) is 15.6. The summed E-state index contributed by atoms with van der Waals surface area (Å²) in [5, 5.41) is 16.1. The molecular weight excluding hydrogens is 450 g/mol. The average Bonchev–Trinajstić information content (AvgIpc) is 2.75. The topological polar surface area (TPSA) is 263 Å². The Labute approximate surface area is 197 Å². The van der Waals surface area contributed by atoms with E-state index in [2.05, 4.69) is 10.6 Å². The highest BCUT2D eigenvalue weighted by Gasteiger charge is 2.32. The molecule has 0 aliphatic rings. The molecule has 0 aliphatic heterocycles. The van der Waals surface area contributed by atoms with E-state index < -0.39 is 72.5 Å². The minimum Gasteiger partial charge on any atom is -0.480 e. The van der Waals surface area contributed by atoms with Crippen LogP contribution in [0.25, 0.3) is 0 Å². The number of hydrogen-bond donors (Lipinski definition) is 8. The second-order valence-electron chi connectivity index (χ2n) is 8.06. The predicted octanol–water partition coefficient (Wildman–Crippen LogP) is -3.22. The lowest BCUT2D eigenvalue weighted by Gasteiger charge is -2.25. The summed E-state index contributed by atoms with van der Waals surface area (Å²) in [5.74, 6) is -6.06. The van der Waals surface area contributed by atoms with Gasteiger partial charge in [-0.15, -0.1) is 0 Å². The van der Waals surface area contributed by atoms with Crippen LogP contribution in [0.2, 0.25) is 0 Å². The monoisotopic (exact) mass is 487 g/mol. The van der Waals surface area contributed by atoms with Crippen molar-refractivity contribution in [3.63, 3.8) is 0 Å². The normalized spacial score (nSPS) is 15.2. The van der Waals surface area contributed by atoms with Crippen LogP contribution >= 0.6 is 0 Å². The zero-order valence-electron chi connectivity index (χ0n) is 19.5. The Kier molecular flexibility index (Phi) is 14.1. The van der Waals surface area contributed by atoms with Crippen LogP contribution in [0.15, 0.2) is 0 Å². The molecule has 0 aliphatic carbocycles. The molecule has 14 nitrogen and oxygen atoms in total. The molecule has 0 spiro atoms. The van der Waals surface area contributed by atoms with Gasteiger partial charge in [0.1, 0.15) is 18.1 Å². The molecule has 0 aromatic heterocycles. The highest BCUT2D eigenvalue weighted by Crippen LogP contribution is 2.08. The largest absolute Gasteiger partial charge is 0.480 e. The molecule has 0 aromatic carbocycles. The van der Waals surface area contributed by atoms with Crippen LogP contribution in [-0.2, 0) is 28.8 Å². The summed E-state index contributed by atoms with van der Waals surface area (Å²) < 4.78 is 0. The second-order valence-corrected chi connectivity index (χ2v) is 8.06. The van der Waals surface area contributed by atoms with Crippen LogP contribution in [0.1, 0.15) is 52.4 Å². The minimum absolute atomic E-state index is 0.153. The summed E-state index contributed by atoms with van der Waals surface area (Å²) in [6.07, 6.45) is 0.483. The Hall–Kier alpha value is -3.26. The van der Waals surface area contributed by atoms with Crippen molar-refractivity contribution in [1.29, 1.82) is 0 Å². The first kappa shape index (κ1) is 30.7. The Bertz CT molecular complexity index is 747. The van der Waals surface area contributed by atoms with Crippen molar-refractivity contribution in [2.45, 2.75) is 76.5 Å². The summed E-state index contributed by atoms with van der Waals surface area (Å²) in [5.41, 5.74) is 21.6. The minimum atomic E-state index is -1.68. The molecule has 0 rings (SSSR count). The fraction of sp³-hybridized carbons (Fsp3) is 0.700. The number of primary amides is 2. The fourth-order valence-electron chi connectivity index (χ4n) is 2.90. The van der Waals surface area contributed by atoms with Crippen molar-refractivity contribution < 1.29 is 33.9 Å². The third-order valence-electron chi connectivity index (χ3n) is 5.20. The standard InChI is InChI=1S/C20H37N7O7/c1-3-10(2)16(24)19(32)25-11(6-4-5-7-21)17(30)26-12(8-14(22)28)18(31)27-13(20(33)34)9-15(23)29/h10-13,16H,3-9,21,24H2,1-2H3,(H2,22,28)(H2,23,29)(H,25,32)(H,26,30)(H,27,31)(H,33,34). The van der Waals surface area contributed by atoms with Crippen molar-refractivity contribution in [3.8, 4) is 0 Å². The van der Waals surface area contributed by atoms with E-state index in [1.54, 1.807) is 6.92 Å². The van der Waals surface area contributed by atoms with E-state index in [9.17, 15) is 33.9 Å². The molecule has 194 valence electrons. The molecule has 0 bridgehead atoms. The maximum atomic E-state index is 12.9. The number of nitrogens with two attached hydrogens (primary N) is 4. The van der Waals surface area contributed by atoms with Crippen LogP contribution in [0.3, 0.4) is 0 Å². The smallest absolute Gasteiger partial charge is 0.326 e. The highest BCUT2D eigenvalue weighted by atomic mass is 16.4. The lowest BCUT2D eigenvalue weighted by Crippen LogP contribution is -2.58. The number of aliphatic carboxylic acids is 1. The zero-order valence-corrected chi connectivity index (χ0v) is 19.5. The Morgan fingerprint density at radius 3 is 1.74 bits per heavy atom. The number of carboxylic acids is 1. The van der Waals surface area contributed by atoms with E-state index >= 15 is 0 Å². The number of nitrogens with one attached hydrogen (secondary N) is 3. The molecule has 0 radical (unpaired) electrons. The van der Waals surface area contributed by atoms with Gasteiger partial charge in [0.2, 0.25) is 29.5 Å². The number of carbonyl (C=O) groups excluding carboxylic acids is 5. The van der Waals surface area contributed by atoms with Crippen molar-refractivity contribution >= 4 is 35.5 Å². The first-order valence-electron chi connectivity index (χ1n) is 11.0. The van der Waals surface area contributed by atoms with Gasteiger partial charge in [-0.1, -0.05) is 20.3 Å². The van der Waals surface area contributed by atoms with Gasteiger partial charge >= 0.3 is 5.97 Å². The maximum Gasteiger partial charge on any atom is 0.326 e. The molecule has 0 fully saturated rings. The molecule has 0 saturated carbocycles. The van der Waals surface area contributed by atoms with Crippen molar-refractivity contribution in [2.75, 3.05) is 6.54 Å². The van der Waals surface area contributed by atoms with Crippen LogP contribution in [0.4, 0.5) is 0 Å². The molecule has 5 atom stereocenters. The van der Waals surface area contributed by atoms with Crippen molar-refractivity contribution in [3.05, 3.63) is 0 Å². The van der Waals surface area contributed by atoms with Gasteiger partial charge in [0.05, 0.1) is 18.9 Å². The lowest BCUT2D eigenvalue weighted by atomic mass is 9.98.